The highest BCUT2D eigenvalue weighted by Gasteiger charge is 2.20. The zero-order valence-electron chi connectivity index (χ0n) is 29.3. The van der Waals surface area contributed by atoms with Crippen molar-refractivity contribution in [2.24, 2.45) is 0 Å². The number of halogens is 2. The third-order valence-corrected chi connectivity index (χ3v) is 9.15. The van der Waals surface area contributed by atoms with Crippen LogP contribution in [-0.2, 0) is 0 Å². The molecular formula is C37H82Cl2N2. The number of hydrogen-bond acceptors (Lipinski definition) is 1. The van der Waals surface area contributed by atoms with E-state index in [0.717, 1.165) is 0 Å². The van der Waals surface area contributed by atoms with E-state index in [1.165, 1.54) is 217 Å². The normalized spacial score (nSPS) is 11.1. The third kappa shape index (κ3) is 38.5. The summed E-state index contributed by atoms with van der Waals surface area (Å²) in [6.07, 6.45) is 43.8. The van der Waals surface area contributed by atoms with Crippen LogP contribution >= 0.6 is 12.4 Å². The van der Waals surface area contributed by atoms with Gasteiger partial charge in [-0.15, -0.1) is 12.4 Å². The molecule has 0 bridgehead atoms. The molecule has 0 aromatic carbocycles. The Balaban J connectivity index is -0.00000228. The first-order valence-electron chi connectivity index (χ1n) is 18.5. The van der Waals surface area contributed by atoms with Crippen molar-refractivity contribution in [3.63, 3.8) is 0 Å². The predicted octanol–water partition coefficient (Wildman–Crippen LogP) is 10.8. The van der Waals surface area contributed by atoms with Crippen molar-refractivity contribution in [3.8, 4) is 0 Å². The predicted molar refractivity (Wildman–Crippen MR) is 189 cm³/mol. The Morgan fingerprint density at radius 1 is 0.293 bits per heavy atom. The molecule has 0 aliphatic heterocycles. The molecule has 0 unspecified atom stereocenters. The fourth-order valence-corrected chi connectivity index (χ4v) is 6.28. The average Bonchev–Trinajstić information content (AvgIpc) is 2.92. The minimum Gasteiger partial charge on any atom is -1.00 e. The average molecular weight is 626 g/mol. The minimum absolute atomic E-state index is 0. The fourth-order valence-electron chi connectivity index (χ4n) is 6.28. The van der Waals surface area contributed by atoms with Gasteiger partial charge < -0.3 is 23.0 Å². The molecule has 0 aliphatic rings. The molecular weight excluding hydrogens is 543 g/mol. The van der Waals surface area contributed by atoms with Crippen LogP contribution in [0.15, 0.2) is 0 Å². The second-order valence-corrected chi connectivity index (χ2v) is 13.3. The van der Waals surface area contributed by atoms with E-state index in [1.54, 1.807) is 0 Å². The maximum atomic E-state index is 2.61. The van der Waals surface area contributed by atoms with Crippen molar-refractivity contribution in [1.82, 2.24) is 6.15 Å². The lowest BCUT2D eigenvalue weighted by molar-refractivity contribution is -0.910. The van der Waals surface area contributed by atoms with Gasteiger partial charge in [-0.1, -0.05) is 175 Å². The Hall–Kier alpha value is 0.500. The molecule has 0 atom stereocenters. The highest BCUT2D eigenvalue weighted by molar-refractivity contribution is 5.85. The number of nitrogens with zero attached hydrogens (tertiary/aromatic N) is 1. The van der Waals surface area contributed by atoms with Crippen molar-refractivity contribution < 1.29 is 16.9 Å². The molecule has 0 spiro atoms. The molecule has 0 rings (SSSR count). The minimum atomic E-state index is 0. The lowest BCUT2D eigenvalue weighted by Gasteiger charge is -2.35. The molecule has 41 heavy (non-hydrogen) atoms. The topological polar surface area (TPSA) is 35.0 Å². The quantitative estimate of drug-likeness (QED) is 0.0571. The number of unbranched alkanes of at least 4 members (excludes halogenated alkanes) is 27. The second kappa shape index (κ2) is 40.5. The van der Waals surface area contributed by atoms with Crippen LogP contribution in [-0.4, -0.2) is 31.2 Å². The molecule has 0 saturated carbocycles. The summed E-state index contributed by atoms with van der Waals surface area (Å²) >= 11 is 0. The van der Waals surface area contributed by atoms with Gasteiger partial charge in [0.25, 0.3) is 0 Å². The number of hydrogen-bond donors (Lipinski definition) is 1. The van der Waals surface area contributed by atoms with Crippen LogP contribution in [0.25, 0.3) is 0 Å². The molecule has 4 heteroatoms. The highest BCUT2D eigenvalue weighted by Crippen LogP contribution is 2.18. The van der Waals surface area contributed by atoms with E-state index in [0.29, 0.717) is 0 Å². The molecule has 2 nitrogen and oxygen atoms in total. The molecule has 254 valence electrons. The van der Waals surface area contributed by atoms with E-state index in [9.17, 15) is 0 Å². The molecule has 0 amide bonds. The Morgan fingerprint density at radius 3 is 0.610 bits per heavy atom. The van der Waals surface area contributed by atoms with Gasteiger partial charge in [-0.2, -0.15) is 0 Å². The van der Waals surface area contributed by atoms with E-state index < -0.39 is 0 Å². The molecule has 0 heterocycles. The molecule has 3 N–H and O–H groups in total. The molecule has 0 aromatic heterocycles. The van der Waals surface area contributed by atoms with E-state index >= 15 is 0 Å². The zero-order valence-corrected chi connectivity index (χ0v) is 30.8. The van der Waals surface area contributed by atoms with Gasteiger partial charge in [-0.05, 0) is 38.5 Å². The van der Waals surface area contributed by atoms with Crippen LogP contribution in [0, 0.1) is 0 Å². The van der Waals surface area contributed by atoms with Crippen molar-refractivity contribution in [2.45, 2.75) is 213 Å². The van der Waals surface area contributed by atoms with Gasteiger partial charge in [0.05, 0.1) is 26.7 Å². The smallest absolute Gasteiger partial charge is 0.0784 e. The van der Waals surface area contributed by atoms with Crippen molar-refractivity contribution in [3.05, 3.63) is 0 Å². The summed E-state index contributed by atoms with van der Waals surface area (Å²) in [7, 11) is 2.61. The first-order chi connectivity index (χ1) is 18.7. The van der Waals surface area contributed by atoms with Crippen molar-refractivity contribution >= 4 is 12.4 Å². The van der Waals surface area contributed by atoms with E-state index in [4.69, 9.17) is 0 Å². The monoisotopic (exact) mass is 625 g/mol. The van der Waals surface area contributed by atoms with Gasteiger partial charge in [-0.25, -0.2) is 0 Å². The van der Waals surface area contributed by atoms with Gasteiger partial charge in [0.1, 0.15) is 0 Å². The van der Waals surface area contributed by atoms with E-state index in [-0.39, 0.29) is 31.0 Å². The van der Waals surface area contributed by atoms with Gasteiger partial charge in [0.2, 0.25) is 0 Å². The van der Waals surface area contributed by atoms with E-state index in [2.05, 4.69) is 27.8 Å². The standard InChI is InChI=1S/C37H78N.2ClH.H3N/c1-5-8-11-14-17-20-23-26-29-32-35-38(4,36-33-30-27-24-21-18-15-12-9-6-2)37-34-31-28-25-22-19-16-13-10-7-3;;;/h5-37H2,1-4H3;2*1H;1H3/q+1;;;/p-1. The number of quaternary nitrogens is 1. The largest absolute Gasteiger partial charge is 1.00 e. The Kier molecular flexibility index (Phi) is 47.8. The Labute approximate surface area is 274 Å². The van der Waals surface area contributed by atoms with Crippen molar-refractivity contribution in [1.29, 1.82) is 0 Å². The van der Waals surface area contributed by atoms with Crippen LogP contribution in [0.1, 0.15) is 213 Å². The lowest BCUT2D eigenvalue weighted by Crippen LogP contribution is -3.00. The van der Waals surface area contributed by atoms with E-state index in [1.807, 2.05) is 0 Å². The molecule has 0 fully saturated rings. The van der Waals surface area contributed by atoms with Gasteiger partial charge in [-0.3, -0.25) is 0 Å². The van der Waals surface area contributed by atoms with Gasteiger partial charge in [0.15, 0.2) is 0 Å². The third-order valence-electron chi connectivity index (χ3n) is 9.15. The SMILES string of the molecule is CCCCCCCCCCCC[N+](C)(CCCCCCCCCCCC)CCCCCCCCCCCC.Cl.N.[Cl-]. The summed E-state index contributed by atoms with van der Waals surface area (Å²) in [5, 5.41) is 0. The number of rotatable bonds is 33. The van der Waals surface area contributed by atoms with Crippen LogP contribution in [0.3, 0.4) is 0 Å². The maximum Gasteiger partial charge on any atom is 0.0784 e. The first kappa shape index (κ1) is 48.4. The summed E-state index contributed by atoms with van der Waals surface area (Å²) in [5.74, 6) is 0. The fraction of sp³-hybridized carbons (Fsp3) is 1.00. The lowest BCUT2D eigenvalue weighted by atomic mass is 10.0. The van der Waals surface area contributed by atoms with Crippen LogP contribution < -0.4 is 18.6 Å². The van der Waals surface area contributed by atoms with Crippen LogP contribution in [0.5, 0.6) is 0 Å². The van der Waals surface area contributed by atoms with Crippen LogP contribution in [0.2, 0.25) is 0 Å². The summed E-state index contributed by atoms with van der Waals surface area (Å²) in [6, 6.07) is 0. The van der Waals surface area contributed by atoms with Gasteiger partial charge in [0, 0.05) is 0 Å². The highest BCUT2D eigenvalue weighted by atomic mass is 35.5. The second-order valence-electron chi connectivity index (χ2n) is 13.3. The molecule has 0 radical (unpaired) electrons. The molecule has 0 aliphatic carbocycles. The summed E-state index contributed by atoms with van der Waals surface area (Å²) in [4.78, 5) is 0. The summed E-state index contributed by atoms with van der Waals surface area (Å²) < 4.78 is 1.37. The molecule has 0 aromatic rings. The van der Waals surface area contributed by atoms with Crippen molar-refractivity contribution in [2.75, 3.05) is 26.7 Å². The zero-order chi connectivity index (χ0) is 27.8. The Bertz CT molecular complexity index is 373. The van der Waals surface area contributed by atoms with Crippen LogP contribution in [0.4, 0.5) is 0 Å². The van der Waals surface area contributed by atoms with Gasteiger partial charge >= 0.3 is 0 Å². The molecule has 0 saturated heterocycles. The Morgan fingerprint density at radius 2 is 0.439 bits per heavy atom. The summed E-state index contributed by atoms with van der Waals surface area (Å²) in [6.45, 7) is 11.3. The first-order valence-corrected chi connectivity index (χ1v) is 18.5. The summed E-state index contributed by atoms with van der Waals surface area (Å²) in [5.41, 5.74) is 0. The maximum absolute atomic E-state index is 2.61.